The molecule has 0 aliphatic heterocycles. The number of rotatable bonds is 0. The van der Waals surface area contributed by atoms with Crippen molar-refractivity contribution in [1.82, 2.24) is 0 Å². The maximum Gasteiger partial charge on any atom is 0.564 e. The quantitative estimate of drug-likeness (QED) is 0.324. The lowest BCUT2D eigenvalue weighted by Gasteiger charge is -1.97. The summed E-state index contributed by atoms with van der Waals surface area (Å²) in [5, 5.41) is 0.0186. The lowest BCUT2D eigenvalue weighted by molar-refractivity contribution is -0.417. The first-order valence-corrected chi connectivity index (χ1v) is 12.8. The molecule has 100 valence electrons. The standard InChI is InChI=1S/C10H9Cl2O.Al.4ClH/c1-13-7-4-2-6(3-5-7)8-9(11)10(8)12;;;;;/h2-5,9-10H,1H3;;4*1H/q+1;+3;;;;/p-4. The summed E-state index contributed by atoms with van der Waals surface area (Å²) < 4.78 is 5.05. The number of ketones is 1. The van der Waals surface area contributed by atoms with Crippen LogP contribution in [-0.2, 0) is 4.42 Å². The minimum Gasteiger partial charge on any atom is -0.391 e. The maximum absolute atomic E-state index is 5.91. The number of hydrogen-bond donors (Lipinski definition) is 0. The molecule has 2 rings (SSSR count). The Morgan fingerprint density at radius 3 is 1.61 bits per heavy atom. The summed E-state index contributed by atoms with van der Waals surface area (Å²) in [6.07, 6.45) is 7.78. The van der Waals surface area contributed by atoms with Gasteiger partial charge in [0, 0.05) is 12.2 Å². The first kappa shape index (κ1) is 17.2. The summed E-state index contributed by atoms with van der Waals surface area (Å²) in [4.78, 5) is 0. The Morgan fingerprint density at radius 1 is 0.944 bits per heavy atom. The van der Waals surface area contributed by atoms with Crippen LogP contribution in [0, 0.1) is 0 Å². The van der Waals surface area contributed by atoms with Crippen LogP contribution in [0.3, 0.4) is 0 Å². The molecule has 0 saturated heterocycles. The lowest BCUT2D eigenvalue weighted by atomic mass is 10.1. The number of carbonyl (C=O) groups excluding carboxylic acids is 1. The van der Waals surface area contributed by atoms with Gasteiger partial charge in [-0.2, -0.15) is 0 Å². The highest BCUT2D eigenvalue weighted by molar-refractivity contribution is 7.81. The molecule has 1 fully saturated rings. The van der Waals surface area contributed by atoms with E-state index in [0.717, 1.165) is 16.9 Å². The normalized spacial score (nSPS) is 25.8. The van der Waals surface area contributed by atoms with Gasteiger partial charge in [0.05, 0.1) is 10.8 Å². The molecule has 1 nitrogen and oxygen atoms in total. The molecule has 0 radical (unpaired) electrons. The first-order valence-electron chi connectivity index (χ1n) is 4.90. The van der Waals surface area contributed by atoms with E-state index in [4.69, 9.17) is 67.8 Å². The molecule has 2 unspecified atom stereocenters. The molecule has 0 bridgehead atoms. The fourth-order valence-corrected chi connectivity index (χ4v) is 2.02. The van der Waals surface area contributed by atoms with Gasteiger partial charge in [-0.25, -0.2) is 0 Å². The van der Waals surface area contributed by atoms with Crippen molar-refractivity contribution < 1.29 is 4.42 Å². The van der Waals surface area contributed by atoms with Gasteiger partial charge in [-0.1, -0.05) is 0 Å². The van der Waals surface area contributed by atoms with Crippen LogP contribution in [0.4, 0.5) is 0 Å². The Balaban J connectivity index is 0.000000280. The molecule has 0 amide bonds. The molecule has 0 aromatic rings. The minimum atomic E-state index is -2.94. The van der Waals surface area contributed by atoms with Gasteiger partial charge in [0.2, 0.25) is 0 Å². The molecule has 0 heterocycles. The van der Waals surface area contributed by atoms with Crippen LogP contribution in [0.15, 0.2) is 35.5 Å². The topological polar surface area (TPSA) is 11.3 Å². The lowest BCUT2D eigenvalue weighted by Crippen LogP contribution is -1.95. The molecule has 18 heavy (non-hydrogen) atoms. The van der Waals surface area contributed by atoms with Gasteiger partial charge in [0.25, 0.3) is 7.11 Å². The van der Waals surface area contributed by atoms with E-state index in [1.54, 1.807) is 7.11 Å². The zero-order chi connectivity index (χ0) is 13.9. The van der Waals surface area contributed by atoms with E-state index in [9.17, 15) is 0 Å². The second-order valence-electron chi connectivity index (χ2n) is 3.48. The molecule has 0 aromatic heterocycles. The summed E-state index contributed by atoms with van der Waals surface area (Å²) in [6, 6.07) is 0. The number of halogens is 6. The second kappa shape index (κ2) is 7.25. The smallest absolute Gasteiger partial charge is 0.391 e. The predicted molar refractivity (Wildman–Crippen MR) is 84.7 cm³/mol. The van der Waals surface area contributed by atoms with Crippen molar-refractivity contribution >= 4 is 78.6 Å². The maximum atomic E-state index is 5.91. The molecule has 2 aliphatic rings. The molecular formula is C10H9AlCl6O. The predicted octanol–water partition coefficient (Wildman–Crippen LogP) is 4.75. The largest absolute Gasteiger partial charge is 0.564 e. The molecule has 2 atom stereocenters. The first-order chi connectivity index (χ1) is 8.24. The van der Waals surface area contributed by atoms with E-state index in [-0.39, 0.29) is 10.8 Å². The Morgan fingerprint density at radius 2 is 1.33 bits per heavy atom. The average Bonchev–Trinajstić information content (AvgIpc) is 2.85. The van der Waals surface area contributed by atoms with Crippen molar-refractivity contribution in [3.8, 4) is 0 Å². The van der Waals surface area contributed by atoms with Crippen LogP contribution >= 0.6 is 63.4 Å². The van der Waals surface area contributed by atoms with Crippen molar-refractivity contribution in [2.45, 2.75) is 10.8 Å². The van der Waals surface area contributed by atoms with Crippen LogP contribution in [0.25, 0.3) is 0 Å². The summed E-state index contributed by atoms with van der Waals surface area (Å²) in [5.41, 5.74) is 2.23. The zero-order valence-electron chi connectivity index (χ0n) is 9.22. The van der Waals surface area contributed by atoms with Crippen LogP contribution in [0.2, 0.25) is 0 Å². The molecular weight excluding hydrogens is 376 g/mol. The highest BCUT2D eigenvalue weighted by atomic mass is 35.9. The summed E-state index contributed by atoms with van der Waals surface area (Å²) in [7, 11) is 18.7. The van der Waals surface area contributed by atoms with Crippen LogP contribution in [-0.4, -0.2) is 33.0 Å². The highest BCUT2D eigenvalue weighted by Crippen LogP contribution is 2.44. The molecule has 8 heteroatoms. The third-order valence-electron chi connectivity index (χ3n) is 2.17. The van der Waals surface area contributed by atoms with Crippen molar-refractivity contribution in [3.63, 3.8) is 0 Å². The van der Waals surface area contributed by atoms with Crippen LogP contribution < -0.4 is 0 Å². The third kappa shape index (κ3) is 6.08. The molecule has 0 aromatic carbocycles. The summed E-state index contributed by atoms with van der Waals surface area (Å²) >= 11 is 11.8. The van der Waals surface area contributed by atoms with Crippen LogP contribution in [0.5, 0.6) is 0 Å². The summed E-state index contributed by atoms with van der Waals surface area (Å²) in [5.74, 6) is 0.849. The van der Waals surface area contributed by atoms with Gasteiger partial charge in [-0.15, -0.1) is 23.2 Å². The molecule has 2 aliphatic carbocycles. The van der Waals surface area contributed by atoms with Gasteiger partial charge in [-0.05, 0) is 23.3 Å². The highest BCUT2D eigenvalue weighted by Gasteiger charge is 2.42. The van der Waals surface area contributed by atoms with Crippen molar-refractivity contribution in [2.24, 2.45) is 0 Å². The van der Waals surface area contributed by atoms with Gasteiger partial charge in [0.1, 0.15) is 0 Å². The van der Waals surface area contributed by atoms with E-state index in [1.165, 1.54) is 0 Å². The van der Waals surface area contributed by atoms with Crippen molar-refractivity contribution in [2.75, 3.05) is 7.11 Å². The molecule has 1 saturated carbocycles. The summed E-state index contributed by atoms with van der Waals surface area (Å²) in [6.45, 7) is 0. The van der Waals surface area contributed by atoms with E-state index >= 15 is 0 Å². The third-order valence-corrected chi connectivity index (χ3v) is 3.27. The molecule has 0 spiro atoms. The van der Waals surface area contributed by atoms with Crippen molar-refractivity contribution in [3.05, 3.63) is 35.5 Å². The monoisotopic (exact) mass is 382 g/mol. The number of alkyl halides is 2. The van der Waals surface area contributed by atoms with Gasteiger partial charge in [0.15, 0.2) is 0 Å². The molecule has 0 N–H and O–H groups in total. The fourth-order valence-electron chi connectivity index (χ4n) is 1.30. The Kier molecular flexibility index (Phi) is 6.93. The fraction of sp³-hybridized carbons (Fsp3) is 0.300. The van der Waals surface area contributed by atoms with E-state index in [1.807, 2.05) is 24.3 Å². The Hall–Kier alpha value is 1.16. The SMILES string of the molecule is C[O+]=C1C=CC(=C2C(Cl)C2Cl)C=C1.[Cl][Al-]([Cl])([Cl])[Cl]. The average molecular weight is 385 g/mol. The Labute approximate surface area is 135 Å². The van der Waals surface area contributed by atoms with E-state index in [2.05, 4.69) is 0 Å². The zero-order valence-corrected chi connectivity index (χ0v) is 14.9. The number of hydrogen-bond acceptors (Lipinski definition) is 0. The minimum absolute atomic E-state index is 0.00932. The Bertz CT molecular complexity index is 400. The number of allylic oxidation sites excluding steroid dienone is 6. The van der Waals surface area contributed by atoms with Crippen molar-refractivity contribution in [1.29, 1.82) is 0 Å². The second-order valence-corrected chi connectivity index (χ2v) is 17.3. The van der Waals surface area contributed by atoms with Gasteiger partial charge >= 0.3 is 15.2 Å². The van der Waals surface area contributed by atoms with Crippen LogP contribution in [0.1, 0.15) is 0 Å². The van der Waals surface area contributed by atoms with Gasteiger partial charge in [-0.3, -0.25) is 4.42 Å². The van der Waals surface area contributed by atoms with E-state index in [0.29, 0.717) is 0 Å². The van der Waals surface area contributed by atoms with Gasteiger partial charge < -0.3 is 40.2 Å². The van der Waals surface area contributed by atoms with E-state index < -0.39 is 9.39 Å².